The van der Waals surface area contributed by atoms with Crippen molar-refractivity contribution in [3.05, 3.63) is 303 Å². The van der Waals surface area contributed by atoms with Gasteiger partial charge in [-0.05, 0) is 143 Å². The fourth-order valence-corrected chi connectivity index (χ4v) is 17.6. The molecule has 7 heterocycles. The summed E-state index contributed by atoms with van der Waals surface area (Å²) in [5, 5.41) is 12.6. The van der Waals surface area contributed by atoms with Crippen LogP contribution in [0.4, 0.5) is 5.69 Å². The zero-order valence-corrected chi connectivity index (χ0v) is 53.7. The molecule has 7 aromatic heterocycles. The third-order valence-electron chi connectivity index (χ3n) is 19.8. The minimum atomic E-state index is 0.381. The Morgan fingerprint density at radius 3 is 1.19 bits per heavy atom. The number of benzene rings is 14. The number of nitrogens with zero attached hydrogens (tertiary/aromatic N) is 6. The summed E-state index contributed by atoms with van der Waals surface area (Å²) < 4.78 is 23.7. The fourth-order valence-electron chi connectivity index (χ4n) is 15.4. The molecule has 10 heteroatoms. The van der Waals surface area contributed by atoms with Crippen LogP contribution in [0.5, 0.6) is 0 Å². The molecule has 454 valence electrons. The molecule has 0 bridgehead atoms. The van der Waals surface area contributed by atoms with E-state index in [4.69, 9.17) is 28.6 Å². The van der Waals surface area contributed by atoms with Gasteiger partial charge in [0, 0.05) is 94.9 Å². The standard InChI is InChI=1S/C88H48N6O2S2/c1-89-68-49-67(88-91-86(55-35-43-77-63(47-55)59-27-13-17-31-75(59)97-77)90-87(92-88)56-36-44-78-64(48-56)60-28-14-18-32-76(60)98-78)79(52-23-9-4-10-24-52)83(94-70-40-34-54(51-21-7-3-8-22-51)46-66(70)81-72(94)42-38-62-58-26-12-16-30-74(58)96-85(62)81)82(68)93-69-39-33-53(50-19-5-2-6-20-50)45-65(69)80-71(93)41-37-61-57-25-11-15-29-73(57)95-84(61)80/h2-49H. The molecule has 0 aliphatic heterocycles. The number of aromatic nitrogens is 5. The molecule has 8 nitrogen and oxygen atoms in total. The highest BCUT2D eigenvalue weighted by atomic mass is 32.1. The number of para-hydroxylation sites is 2. The van der Waals surface area contributed by atoms with Gasteiger partial charge in [-0.1, -0.05) is 176 Å². The summed E-state index contributed by atoms with van der Waals surface area (Å²) in [6.45, 7) is 9.86. The molecule has 0 aliphatic rings. The van der Waals surface area contributed by atoms with Crippen LogP contribution in [-0.4, -0.2) is 24.1 Å². The Kier molecular flexibility index (Phi) is 11.8. The lowest BCUT2D eigenvalue weighted by molar-refractivity contribution is 0.672. The molecule has 98 heavy (non-hydrogen) atoms. The van der Waals surface area contributed by atoms with Gasteiger partial charge in [-0.3, -0.25) is 0 Å². The first kappa shape index (κ1) is 54.6. The minimum absolute atomic E-state index is 0.381. The summed E-state index contributed by atoms with van der Waals surface area (Å²) in [6.07, 6.45) is 0. The molecule has 0 aliphatic carbocycles. The van der Waals surface area contributed by atoms with E-state index < -0.39 is 0 Å². The quantitative estimate of drug-likeness (QED) is 0.142. The minimum Gasteiger partial charge on any atom is -0.455 e. The third kappa shape index (κ3) is 8.12. The van der Waals surface area contributed by atoms with E-state index in [0.717, 1.165) is 148 Å². The second-order valence-electron chi connectivity index (χ2n) is 25.2. The van der Waals surface area contributed by atoms with E-state index in [1.54, 1.807) is 22.7 Å². The Bertz CT molecular complexity index is 6870. The monoisotopic (exact) mass is 1280 g/mol. The Morgan fingerprint density at radius 1 is 0.296 bits per heavy atom. The van der Waals surface area contributed by atoms with Crippen molar-refractivity contribution in [2.24, 2.45) is 0 Å². The van der Waals surface area contributed by atoms with Crippen molar-refractivity contribution in [3.8, 4) is 78.9 Å². The summed E-state index contributed by atoms with van der Waals surface area (Å²) in [4.78, 5) is 21.7. The Morgan fingerprint density at radius 2 is 0.694 bits per heavy atom. The van der Waals surface area contributed by atoms with Crippen molar-refractivity contribution >= 4 is 156 Å². The summed E-state index contributed by atoms with van der Waals surface area (Å²) in [5.41, 5.74) is 16.9. The molecule has 14 aromatic carbocycles. The molecule has 0 amide bonds. The van der Waals surface area contributed by atoms with E-state index in [1.807, 2.05) is 24.3 Å². The maximum Gasteiger partial charge on any atom is 0.213 e. The lowest BCUT2D eigenvalue weighted by Gasteiger charge is -2.25. The van der Waals surface area contributed by atoms with Gasteiger partial charge in [-0.25, -0.2) is 19.8 Å². The molecule has 0 spiro atoms. The van der Waals surface area contributed by atoms with Gasteiger partial charge >= 0.3 is 0 Å². The van der Waals surface area contributed by atoms with Gasteiger partial charge in [-0.2, -0.15) is 0 Å². The number of rotatable bonds is 8. The second-order valence-corrected chi connectivity index (χ2v) is 27.3. The molecule has 21 aromatic rings. The van der Waals surface area contributed by atoms with Gasteiger partial charge in [-0.15, -0.1) is 22.7 Å². The first-order valence-corrected chi connectivity index (χ1v) is 34.3. The van der Waals surface area contributed by atoms with Crippen LogP contribution in [0.15, 0.2) is 300 Å². The van der Waals surface area contributed by atoms with Gasteiger partial charge in [0.25, 0.3) is 0 Å². The Balaban J connectivity index is 0.948. The Labute approximate surface area is 566 Å². The van der Waals surface area contributed by atoms with Gasteiger partial charge in [0.05, 0.1) is 50.8 Å². The predicted octanol–water partition coefficient (Wildman–Crippen LogP) is 25.2. The predicted molar refractivity (Wildman–Crippen MR) is 408 cm³/mol. The van der Waals surface area contributed by atoms with Crippen LogP contribution in [0.3, 0.4) is 0 Å². The van der Waals surface area contributed by atoms with Crippen LogP contribution in [0.25, 0.3) is 212 Å². The molecule has 21 rings (SSSR count). The maximum atomic E-state index is 9.86. The van der Waals surface area contributed by atoms with Crippen LogP contribution in [0.1, 0.15) is 0 Å². The SMILES string of the molecule is [C-]#[N+]c1cc(-c2nc(-c3ccc4sc5ccccc5c4c3)nc(-c3ccc4sc5ccccc5c4c3)n2)c(-c2ccccc2)c(-n2c3ccc(-c4ccccc4)cc3c3c4oc5ccccc5c4ccc32)c1-n1c2ccc(-c3ccccc3)cc2c2c3oc4ccccc4c3ccc21. The first-order chi connectivity index (χ1) is 48.5. The zero-order chi connectivity index (χ0) is 64.3. The highest BCUT2D eigenvalue weighted by molar-refractivity contribution is 7.26. The van der Waals surface area contributed by atoms with Gasteiger partial charge < -0.3 is 18.0 Å². The van der Waals surface area contributed by atoms with E-state index in [-0.39, 0.29) is 0 Å². The molecule has 0 saturated carbocycles. The van der Waals surface area contributed by atoms with E-state index >= 15 is 0 Å². The molecule has 0 saturated heterocycles. The van der Waals surface area contributed by atoms with Crippen molar-refractivity contribution in [1.29, 1.82) is 0 Å². The van der Waals surface area contributed by atoms with E-state index in [0.29, 0.717) is 34.4 Å². The van der Waals surface area contributed by atoms with Crippen LogP contribution in [-0.2, 0) is 0 Å². The lowest BCUT2D eigenvalue weighted by atomic mass is 9.93. The molecular weight excluding hydrogens is 1240 g/mol. The largest absolute Gasteiger partial charge is 0.455 e. The van der Waals surface area contributed by atoms with E-state index in [1.165, 1.54) is 29.6 Å². The fraction of sp³-hybridized carbons (Fsp3) is 0. The Hall–Kier alpha value is -12.8. The van der Waals surface area contributed by atoms with E-state index in [9.17, 15) is 6.57 Å². The van der Waals surface area contributed by atoms with Gasteiger partial charge in [0.15, 0.2) is 17.5 Å². The number of hydrogen-bond acceptors (Lipinski definition) is 7. The van der Waals surface area contributed by atoms with Crippen molar-refractivity contribution in [3.63, 3.8) is 0 Å². The number of fused-ring (bicyclic) bond motifs is 20. The van der Waals surface area contributed by atoms with Crippen LogP contribution >= 0.6 is 22.7 Å². The number of furan rings is 2. The molecule has 0 radical (unpaired) electrons. The lowest BCUT2D eigenvalue weighted by Crippen LogP contribution is -2.09. The molecule has 0 fully saturated rings. The zero-order valence-electron chi connectivity index (χ0n) is 52.0. The molecule has 0 unspecified atom stereocenters. The summed E-state index contributed by atoms with van der Waals surface area (Å²) in [6, 6.07) is 103. The van der Waals surface area contributed by atoms with Crippen molar-refractivity contribution in [2.75, 3.05) is 0 Å². The highest BCUT2D eigenvalue weighted by Crippen LogP contribution is 2.53. The van der Waals surface area contributed by atoms with E-state index in [2.05, 4.69) is 276 Å². The highest BCUT2D eigenvalue weighted by Gasteiger charge is 2.32. The topological polar surface area (TPSA) is 79.2 Å². The third-order valence-corrected chi connectivity index (χ3v) is 22.1. The number of thiophene rings is 2. The number of hydrogen-bond donors (Lipinski definition) is 0. The molecule has 0 atom stereocenters. The van der Waals surface area contributed by atoms with Crippen LogP contribution in [0, 0.1) is 6.57 Å². The summed E-state index contributed by atoms with van der Waals surface area (Å²) >= 11 is 3.56. The van der Waals surface area contributed by atoms with Crippen LogP contribution in [0.2, 0.25) is 0 Å². The van der Waals surface area contributed by atoms with Crippen LogP contribution < -0.4 is 0 Å². The smallest absolute Gasteiger partial charge is 0.213 e. The van der Waals surface area contributed by atoms with Crippen molar-refractivity contribution in [2.45, 2.75) is 0 Å². The second kappa shape index (κ2) is 21.1. The van der Waals surface area contributed by atoms with Crippen molar-refractivity contribution < 1.29 is 8.83 Å². The average molecular weight is 1290 g/mol. The van der Waals surface area contributed by atoms with Crippen molar-refractivity contribution in [1.82, 2.24) is 24.1 Å². The van der Waals surface area contributed by atoms with Gasteiger partial charge in [0.1, 0.15) is 22.3 Å². The first-order valence-electron chi connectivity index (χ1n) is 32.7. The summed E-state index contributed by atoms with van der Waals surface area (Å²) in [5.74, 6) is 1.43. The molecular formula is C88H48N6O2S2. The van der Waals surface area contributed by atoms with Gasteiger partial charge in [0.2, 0.25) is 5.69 Å². The normalized spacial score (nSPS) is 12.1. The molecule has 0 N–H and O–H groups in total. The maximum absolute atomic E-state index is 9.86. The summed E-state index contributed by atoms with van der Waals surface area (Å²) in [7, 11) is 0. The average Bonchev–Trinajstić information content (AvgIpc) is 1.37.